The first-order valence-corrected chi connectivity index (χ1v) is 5.14. The van der Waals surface area contributed by atoms with Gasteiger partial charge >= 0.3 is 0 Å². The van der Waals surface area contributed by atoms with Gasteiger partial charge in [-0.3, -0.25) is 15.2 Å². The van der Waals surface area contributed by atoms with Crippen LogP contribution in [0.4, 0.5) is 5.69 Å². The lowest BCUT2D eigenvalue weighted by Gasteiger charge is -2.19. The largest absolute Gasteiger partial charge is 0.284 e. The fraction of sp³-hybridized carbons (Fsp3) is 0.417. The monoisotopic (exact) mass is 204 g/mol. The minimum Gasteiger partial charge on any atom is -0.284 e. The van der Waals surface area contributed by atoms with E-state index < -0.39 is 0 Å². The Bertz CT molecular complexity index is 398. The molecule has 1 aromatic carbocycles. The minimum absolute atomic E-state index is 0.0870. The number of benzene rings is 1. The number of anilines is 1. The van der Waals surface area contributed by atoms with E-state index in [4.69, 9.17) is 0 Å². The first-order chi connectivity index (χ1) is 6.99. The maximum Gasteiger partial charge on any atom is 0.246 e. The fourth-order valence-corrected chi connectivity index (χ4v) is 1.73. The van der Waals surface area contributed by atoms with E-state index in [2.05, 4.69) is 11.5 Å². The molecule has 1 fully saturated rings. The van der Waals surface area contributed by atoms with Crippen molar-refractivity contribution in [3.8, 4) is 0 Å². The highest BCUT2D eigenvalue weighted by atomic mass is 16.2. The van der Waals surface area contributed by atoms with Crippen LogP contribution in [0.5, 0.6) is 0 Å². The maximum atomic E-state index is 11.6. The Hall–Kier alpha value is -1.51. The van der Waals surface area contributed by atoms with Gasteiger partial charge in [-0.1, -0.05) is 12.1 Å². The molecule has 0 aromatic heterocycles. The number of amides is 1. The molecule has 80 valence electrons. The fourth-order valence-electron chi connectivity index (χ4n) is 1.73. The molecule has 3 nitrogen and oxygen atoms in total. The van der Waals surface area contributed by atoms with Gasteiger partial charge in [-0.15, -0.1) is 0 Å². The van der Waals surface area contributed by atoms with Gasteiger partial charge in [0.1, 0.15) is 0 Å². The van der Waals surface area contributed by atoms with Crippen molar-refractivity contribution < 1.29 is 4.79 Å². The number of nitrogens with zero attached hydrogens (tertiary/aromatic N) is 1. The Morgan fingerprint density at radius 2 is 2.13 bits per heavy atom. The number of hydrogen-bond donors (Lipinski definition) is 1. The molecule has 1 aromatic rings. The molecule has 1 heterocycles. The van der Waals surface area contributed by atoms with E-state index in [-0.39, 0.29) is 11.3 Å². The van der Waals surface area contributed by atoms with Crippen LogP contribution in [-0.4, -0.2) is 12.5 Å². The van der Waals surface area contributed by atoms with Gasteiger partial charge in [-0.25, -0.2) is 0 Å². The van der Waals surface area contributed by atoms with Crippen LogP contribution in [0.25, 0.3) is 0 Å². The van der Waals surface area contributed by atoms with Gasteiger partial charge in [0, 0.05) is 0 Å². The Kier molecular flexibility index (Phi) is 2.18. The summed E-state index contributed by atoms with van der Waals surface area (Å²) in [6.07, 6.45) is 0. The summed E-state index contributed by atoms with van der Waals surface area (Å²) in [6.45, 7) is 6.68. The van der Waals surface area contributed by atoms with Gasteiger partial charge in [-0.05, 0) is 38.5 Å². The zero-order valence-electron chi connectivity index (χ0n) is 9.37. The third-order valence-electron chi connectivity index (χ3n) is 2.72. The number of hydrazine groups is 1. The standard InChI is InChI=1S/C12H16N2O/c1-9-5-4-6-10(7-9)14-8-12(2,3)11(15)13-14/h4-7H,8H2,1-3H3,(H,13,15). The summed E-state index contributed by atoms with van der Waals surface area (Å²) in [5.41, 5.74) is 4.83. The maximum absolute atomic E-state index is 11.6. The highest BCUT2D eigenvalue weighted by Crippen LogP contribution is 2.26. The molecule has 1 aliphatic heterocycles. The molecule has 2 rings (SSSR count). The first-order valence-electron chi connectivity index (χ1n) is 5.14. The predicted octanol–water partition coefficient (Wildman–Crippen LogP) is 1.87. The second kappa shape index (κ2) is 3.26. The molecule has 0 radical (unpaired) electrons. The molecule has 1 aliphatic rings. The number of hydrogen-bond acceptors (Lipinski definition) is 2. The van der Waals surface area contributed by atoms with Gasteiger partial charge in [0.2, 0.25) is 5.91 Å². The van der Waals surface area contributed by atoms with Gasteiger partial charge in [0.15, 0.2) is 0 Å². The zero-order chi connectivity index (χ0) is 11.1. The highest BCUT2D eigenvalue weighted by Gasteiger charge is 2.37. The summed E-state index contributed by atoms with van der Waals surface area (Å²) in [4.78, 5) is 11.6. The second-order valence-corrected chi connectivity index (χ2v) is 4.75. The van der Waals surface area contributed by atoms with E-state index in [9.17, 15) is 4.79 Å². The molecule has 0 atom stereocenters. The van der Waals surface area contributed by atoms with Crippen molar-refractivity contribution in [1.82, 2.24) is 5.43 Å². The van der Waals surface area contributed by atoms with Gasteiger partial charge < -0.3 is 0 Å². The predicted molar refractivity (Wildman–Crippen MR) is 60.4 cm³/mol. The van der Waals surface area contributed by atoms with Crippen LogP contribution in [0, 0.1) is 12.3 Å². The molecule has 0 saturated carbocycles. The van der Waals surface area contributed by atoms with E-state index in [1.165, 1.54) is 5.56 Å². The van der Waals surface area contributed by atoms with Crippen LogP contribution in [0.1, 0.15) is 19.4 Å². The lowest BCUT2D eigenvalue weighted by atomic mass is 9.94. The van der Waals surface area contributed by atoms with Crippen molar-refractivity contribution in [3.63, 3.8) is 0 Å². The van der Waals surface area contributed by atoms with Crippen molar-refractivity contribution >= 4 is 11.6 Å². The molecule has 1 N–H and O–H groups in total. The van der Waals surface area contributed by atoms with Crippen molar-refractivity contribution in [3.05, 3.63) is 29.8 Å². The molecular weight excluding hydrogens is 188 g/mol. The number of carbonyl (C=O) groups is 1. The van der Waals surface area contributed by atoms with Crippen molar-refractivity contribution in [2.45, 2.75) is 20.8 Å². The average molecular weight is 204 g/mol. The van der Waals surface area contributed by atoms with E-state index in [1.807, 2.05) is 44.0 Å². The lowest BCUT2D eigenvalue weighted by molar-refractivity contribution is -0.125. The molecule has 15 heavy (non-hydrogen) atoms. The van der Waals surface area contributed by atoms with Gasteiger partial charge in [0.05, 0.1) is 17.6 Å². The first kappa shape index (κ1) is 10.0. The molecule has 0 spiro atoms. The van der Waals surface area contributed by atoms with E-state index in [0.29, 0.717) is 0 Å². The van der Waals surface area contributed by atoms with Crippen molar-refractivity contribution in [1.29, 1.82) is 0 Å². The van der Waals surface area contributed by atoms with E-state index >= 15 is 0 Å². The summed E-state index contributed by atoms with van der Waals surface area (Å²) in [7, 11) is 0. The Balaban J connectivity index is 2.25. The Labute approximate surface area is 90.1 Å². The number of carbonyl (C=O) groups excluding carboxylic acids is 1. The van der Waals surface area contributed by atoms with Gasteiger partial charge in [-0.2, -0.15) is 0 Å². The summed E-state index contributed by atoms with van der Waals surface area (Å²) >= 11 is 0. The van der Waals surface area contributed by atoms with Crippen LogP contribution in [0.15, 0.2) is 24.3 Å². The lowest BCUT2D eigenvalue weighted by Crippen LogP contribution is -2.33. The highest BCUT2D eigenvalue weighted by molar-refractivity contribution is 5.87. The molecule has 0 bridgehead atoms. The van der Waals surface area contributed by atoms with Crippen molar-refractivity contribution in [2.75, 3.05) is 11.6 Å². The molecular formula is C12H16N2O. The van der Waals surface area contributed by atoms with Crippen LogP contribution in [0.2, 0.25) is 0 Å². The average Bonchev–Trinajstić information content (AvgIpc) is 2.42. The smallest absolute Gasteiger partial charge is 0.246 e. The number of aryl methyl sites for hydroxylation is 1. The molecule has 1 amide bonds. The summed E-state index contributed by atoms with van der Waals surface area (Å²) < 4.78 is 0. The molecule has 1 saturated heterocycles. The molecule has 0 unspecified atom stereocenters. The normalized spacial score (nSPS) is 19.1. The zero-order valence-corrected chi connectivity index (χ0v) is 9.37. The Morgan fingerprint density at radius 3 is 2.67 bits per heavy atom. The van der Waals surface area contributed by atoms with E-state index in [0.717, 1.165) is 12.2 Å². The summed E-state index contributed by atoms with van der Waals surface area (Å²) in [6, 6.07) is 8.13. The van der Waals surface area contributed by atoms with Crippen molar-refractivity contribution in [2.24, 2.45) is 5.41 Å². The summed E-state index contributed by atoms with van der Waals surface area (Å²) in [5, 5.41) is 1.91. The number of nitrogens with one attached hydrogen (secondary N) is 1. The Morgan fingerprint density at radius 1 is 1.40 bits per heavy atom. The third-order valence-corrected chi connectivity index (χ3v) is 2.72. The quantitative estimate of drug-likeness (QED) is 0.757. The van der Waals surface area contributed by atoms with E-state index in [1.54, 1.807) is 0 Å². The van der Waals surface area contributed by atoms with Crippen LogP contribution in [0.3, 0.4) is 0 Å². The molecule has 3 heteroatoms. The SMILES string of the molecule is Cc1cccc(N2CC(C)(C)C(=O)N2)c1. The second-order valence-electron chi connectivity index (χ2n) is 4.75. The van der Waals surface area contributed by atoms with Gasteiger partial charge in [0.25, 0.3) is 0 Å². The van der Waals surface area contributed by atoms with Crippen LogP contribution in [-0.2, 0) is 4.79 Å². The summed E-state index contributed by atoms with van der Waals surface area (Å²) in [5.74, 6) is 0.0870. The number of rotatable bonds is 1. The minimum atomic E-state index is -0.302. The van der Waals surface area contributed by atoms with Crippen LogP contribution < -0.4 is 10.4 Å². The molecule has 0 aliphatic carbocycles. The topological polar surface area (TPSA) is 32.3 Å². The van der Waals surface area contributed by atoms with Crippen LogP contribution >= 0.6 is 0 Å². The third kappa shape index (κ3) is 1.82.